The zero-order chi connectivity index (χ0) is 19.1. The van der Waals surface area contributed by atoms with Gasteiger partial charge in [0.2, 0.25) is 0 Å². The molecule has 0 unspecified atom stereocenters. The molecular formula is C22H28N4O. The summed E-state index contributed by atoms with van der Waals surface area (Å²) in [6.07, 6.45) is 1.29. The van der Waals surface area contributed by atoms with Crippen molar-refractivity contribution in [2.75, 3.05) is 25.1 Å². The summed E-state index contributed by atoms with van der Waals surface area (Å²) in [4.78, 5) is 7.27. The van der Waals surface area contributed by atoms with E-state index in [9.17, 15) is 0 Å². The highest BCUT2D eigenvalue weighted by Crippen LogP contribution is 2.31. The predicted octanol–water partition coefficient (Wildman–Crippen LogP) is 4.50. The molecule has 1 saturated heterocycles. The highest BCUT2D eigenvalue weighted by molar-refractivity contribution is 5.72. The van der Waals surface area contributed by atoms with Gasteiger partial charge in [-0.05, 0) is 56.4 Å². The summed E-state index contributed by atoms with van der Waals surface area (Å²) in [5.74, 6) is 3.38. The number of ether oxygens (including phenoxy) is 1. The van der Waals surface area contributed by atoms with Gasteiger partial charge < -0.3 is 9.64 Å². The number of hydrogen-bond acceptors (Lipinski definition) is 4. The van der Waals surface area contributed by atoms with Gasteiger partial charge in [0.05, 0.1) is 12.8 Å². The molecule has 2 aromatic heterocycles. The van der Waals surface area contributed by atoms with E-state index in [1.807, 2.05) is 16.6 Å². The average Bonchev–Trinajstić information content (AvgIpc) is 2.97. The second-order valence-corrected chi connectivity index (χ2v) is 8.04. The molecule has 0 radical (unpaired) electrons. The van der Waals surface area contributed by atoms with Crippen molar-refractivity contribution >= 4 is 11.5 Å². The van der Waals surface area contributed by atoms with Crippen LogP contribution in [0.4, 0.5) is 5.82 Å². The topological polar surface area (TPSA) is 42.7 Å². The number of aryl methyl sites for hydroxylation is 2. The fourth-order valence-corrected chi connectivity index (χ4v) is 4.32. The zero-order valence-corrected chi connectivity index (χ0v) is 16.9. The maximum atomic E-state index is 5.28. The molecule has 142 valence electrons. The van der Waals surface area contributed by atoms with Crippen LogP contribution in [0.1, 0.15) is 31.5 Å². The highest BCUT2D eigenvalue weighted by Gasteiger charge is 2.25. The first kappa shape index (κ1) is 17.8. The number of piperidine rings is 1. The van der Waals surface area contributed by atoms with Gasteiger partial charge >= 0.3 is 0 Å². The zero-order valence-electron chi connectivity index (χ0n) is 16.9. The van der Waals surface area contributed by atoms with Crippen molar-refractivity contribution in [2.24, 2.45) is 11.8 Å². The molecule has 5 heteroatoms. The molecule has 0 bridgehead atoms. The van der Waals surface area contributed by atoms with E-state index < -0.39 is 0 Å². The summed E-state index contributed by atoms with van der Waals surface area (Å²) in [7, 11) is 1.69. The van der Waals surface area contributed by atoms with Gasteiger partial charge in [0, 0.05) is 36.0 Å². The third-order valence-electron chi connectivity index (χ3n) is 5.48. The third-order valence-corrected chi connectivity index (χ3v) is 5.48. The van der Waals surface area contributed by atoms with Gasteiger partial charge in [-0.1, -0.05) is 13.8 Å². The normalized spacial score (nSPS) is 20.3. The number of benzene rings is 1. The van der Waals surface area contributed by atoms with Crippen molar-refractivity contribution in [1.82, 2.24) is 14.6 Å². The molecule has 4 rings (SSSR count). The lowest BCUT2D eigenvalue weighted by Gasteiger charge is -2.36. The molecule has 0 saturated carbocycles. The van der Waals surface area contributed by atoms with Crippen molar-refractivity contribution in [3.05, 3.63) is 41.6 Å². The van der Waals surface area contributed by atoms with Crippen molar-refractivity contribution in [1.29, 1.82) is 0 Å². The van der Waals surface area contributed by atoms with Crippen molar-refractivity contribution in [3.8, 4) is 17.0 Å². The number of anilines is 1. The minimum Gasteiger partial charge on any atom is -0.497 e. The van der Waals surface area contributed by atoms with Gasteiger partial charge in [0.25, 0.3) is 0 Å². The van der Waals surface area contributed by atoms with E-state index in [0.717, 1.165) is 52.8 Å². The lowest BCUT2D eigenvalue weighted by molar-refractivity contribution is 0.354. The second kappa shape index (κ2) is 6.87. The van der Waals surface area contributed by atoms with E-state index >= 15 is 0 Å². The lowest BCUT2D eigenvalue weighted by atomic mass is 9.92. The molecule has 2 atom stereocenters. The molecule has 1 aromatic carbocycles. The summed E-state index contributed by atoms with van der Waals surface area (Å²) < 4.78 is 7.32. The molecule has 0 spiro atoms. The van der Waals surface area contributed by atoms with E-state index in [1.54, 1.807) is 7.11 Å². The molecule has 3 heterocycles. The van der Waals surface area contributed by atoms with Crippen LogP contribution in [0.25, 0.3) is 16.9 Å². The average molecular weight is 364 g/mol. The van der Waals surface area contributed by atoms with Crippen LogP contribution in [-0.4, -0.2) is 34.8 Å². The Balaban J connectivity index is 1.83. The fourth-order valence-electron chi connectivity index (χ4n) is 4.32. The molecule has 0 amide bonds. The van der Waals surface area contributed by atoms with E-state index in [-0.39, 0.29) is 0 Å². The first-order chi connectivity index (χ1) is 13.0. The Morgan fingerprint density at radius 1 is 1.04 bits per heavy atom. The smallest absolute Gasteiger partial charge is 0.161 e. The number of fused-ring (bicyclic) bond motifs is 1. The van der Waals surface area contributed by atoms with Crippen LogP contribution in [0, 0.1) is 25.7 Å². The van der Waals surface area contributed by atoms with Crippen molar-refractivity contribution < 1.29 is 4.74 Å². The SMILES string of the molecule is COc1ccc(-c2nn3c(N4C[C@H](C)C[C@@H](C)C4)cc(C)nc3c2C)cc1. The Bertz CT molecular complexity index is 951. The number of aromatic nitrogens is 3. The first-order valence-electron chi connectivity index (χ1n) is 9.72. The van der Waals surface area contributed by atoms with Crippen LogP contribution < -0.4 is 9.64 Å². The van der Waals surface area contributed by atoms with Crippen molar-refractivity contribution in [3.63, 3.8) is 0 Å². The van der Waals surface area contributed by atoms with Crippen molar-refractivity contribution in [2.45, 2.75) is 34.1 Å². The summed E-state index contributed by atoms with van der Waals surface area (Å²) in [6.45, 7) is 11.0. The van der Waals surface area contributed by atoms with Gasteiger partial charge in [0.15, 0.2) is 5.65 Å². The monoisotopic (exact) mass is 364 g/mol. The fraction of sp³-hybridized carbons (Fsp3) is 0.455. The molecule has 27 heavy (non-hydrogen) atoms. The molecule has 5 nitrogen and oxygen atoms in total. The predicted molar refractivity (Wildman–Crippen MR) is 110 cm³/mol. The largest absolute Gasteiger partial charge is 0.497 e. The lowest BCUT2D eigenvalue weighted by Crippen LogP contribution is -2.39. The third kappa shape index (κ3) is 3.27. The Morgan fingerprint density at radius 2 is 1.70 bits per heavy atom. The molecule has 3 aromatic rings. The highest BCUT2D eigenvalue weighted by atomic mass is 16.5. The van der Waals surface area contributed by atoms with Gasteiger partial charge in [-0.25, -0.2) is 4.98 Å². The molecule has 1 fully saturated rings. The minimum absolute atomic E-state index is 0.690. The summed E-state index contributed by atoms with van der Waals surface area (Å²) in [6, 6.07) is 10.2. The summed E-state index contributed by atoms with van der Waals surface area (Å²) in [5.41, 5.74) is 5.16. The van der Waals surface area contributed by atoms with Gasteiger partial charge in [0.1, 0.15) is 11.6 Å². The van der Waals surface area contributed by atoms with E-state index in [2.05, 4.69) is 50.8 Å². The maximum absolute atomic E-state index is 5.28. The molecule has 1 aliphatic rings. The maximum Gasteiger partial charge on any atom is 0.161 e. The van der Waals surface area contributed by atoms with E-state index in [4.69, 9.17) is 14.8 Å². The minimum atomic E-state index is 0.690. The number of methoxy groups -OCH3 is 1. The van der Waals surface area contributed by atoms with E-state index in [0.29, 0.717) is 11.8 Å². The quantitative estimate of drug-likeness (QED) is 0.686. The number of rotatable bonds is 3. The van der Waals surface area contributed by atoms with Gasteiger partial charge in [-0.2, -0.15) is 9.61 Å². The van der Waals surface area contributed by atoms with Gasteiger partial charge in [-0.3, -0.25) is 0 Å². The molecule has 0 aliphatic carbocycles. The number of nitrogens with zero attached hydrogens (tertiary/aromatic N) is 4. The first-order valence-corrected chi connectivity index (χ1v) is 9.72. The molecular weight excluding hydrogens is 336 g/mol. The molecule has 1 aliphatic heterocycles. The Hall–Kier alpha value is -2.56. The Kier molecular flexibility index (Phi) is 4.54. The Morgan fingerprint density at radius 3 is 2.33 bits per heavy atom. The molecule has 0 N–H and O–H groups in total. The van der Waals surface area contributed by atoms with Crippen LogP contribution in [0.15, 0.2) is 30.3 Å². The Labute approximate surface area is 161 Å². The van der Waals surface area contributed by atoms with Crippen LogP contribution in [-0.2, 0) is 0 Å². The summed E-state index contributed by atoms with van der Waals surface area (Å²) in [5, 5.41) is 4.98. The standard InChI is InChI=1S/C22H28N4O/c1-14-10-15(2)13-25(12-14)20-11-16(3)23-22-17(4)21(24-26(20)22)18-6-8-19(27-5)9-7-18/h6-9,11,14-15H,10,12-13H2,1-5H3/t14-,15-/m1/s1. The van der Waals surface area contributed by atoms with Gasteiger partial charge in [-0.15, -0.1) is 0 Å². The van der Waals surface area contributed by atoms with Crippen LogP contribution in [0.5, 0.6) is 5.75 Å². The second-order valence-electron chi connectivity index (χ2n) is 8.04. The van der Waals surface area contributed by atoms with Crippen LogP contribution in [0.3, 0.4) is 0 Å². The van der Waals surface area contributed by atoms with Crippen LogP contribution >= 0.6 is 0 Å². The summed E-state index contributed by atoms with van der Waals surface area (Å²) >= 11 is 0. The van der Waals surface area contributed by atoms with Crippen LogP contribution in [0.2, 0.25) is 0 Å². The number of hydrogen-bond donors (Lipinski definition) is 0. The van der Waals surface area contributed by atoms with E-state index in [1.165, 1.54) is 6.42 Å².